The Hall–Kier alpha value is -3.05. The molecule has 32 heavy (non-hydrogen) atoms. The third-order valence-electron chi connectivity index (χ3n) is 5.11. The lowest BCUT2D eigenvalue weighted by Gasteiger charge is -2.06. The second kappa shape index (κ2) is 9.21. The first kappa shape index (κ1) is 22.2. The van der Waals surface area contributed by atoms with Gasteiger partial charge in [0.2, 0.25) is 5.16 Å². The van der Waals surface area contributed by atoms with Crippen molar-refractivity contribution in [1.82, 2.24) is 34.0 Å². The van der Waals surface area contributed by atoms with Crippen molar-refractivity contribution in [3.05, 3.63) is 56.0 Å². The molecule has 0 aliphatic rings. The lowest BCUT2D eigenvalue weighted by atomic mass is 10.2. The van der Waals surface area contributed by atoms with E-state index in [-0.39, 0.29) is 0 Å². The summed E-state index contributed by atoms with van der Waals surface area (Å²) in [7, 11) is 0. The number of nitrogens with one attached hydrogen (secondary N) is 1. The van der Waals surface area contributed by atoms with Crippen molar-refractivity contribution < 1.29 is 0 Å². The Morgan fingerprint density at radius 3 is 2.56 bits per heavy atom. The second-order valence-electron chi connectivity index (χ2n) is 7.18. The van der Waals surface area contributed by atoms with Crippen LogP contribution in [-0.4, -0.2) is 34.0 Å². The van der Waals surface area contributed by atoms with Gasteiger partial charge in [-0.25, -0.2) is 14.5 Å². The predicted molar refractivity (Wildman–Crippen MR) is 125 cm³/mol. The van der Waals surface area contributed by atoms with Crippen molar-refractivity contribution >= 4 is 34.5 Å². The Kier molecular flexibility index (Phi) is 6.38. The number of nitrogens with zero attached hydrogens (tertiary/aromatic N) is 6. The third-order valence-corrected chi connectivity index (χ3v) is 6.30. The van der Waals surface area contributed by atoms with E-state index in [9.17, 15) is 9.59 Å². The highest BCUT2D eigenvalue weighted by molar-refractivity contribution is 7.98. The number of thioether (sulfide) groups is 1. The third kappa shape index (κ3) is 4.05. The average molecular weight is 475 g/mol. The summed E-state index contributed by atoms with van der Waals surface area (Å²) in [6.45, 7) is 5.01. The molecule has 4 rings (SSSR count). The Balaban J connectivity index is 1.67. The molecule has 0 saturated heterocycles. The van der Waals surface area contributed by atoms with Crippen LogP contribution >= 0.6 is 23.4 Å². The summed E-state index contributed by atoms with van der Waals surface area (Å²) in [4.78, 5) is 32.0. The zero-order valence-corrected chi connectivity index (χ0v) is 19.3. The lowest BCUT2D eigenvalue weighted by molar-refractivity contribution is 0.613. The molecule has 0 saturated carbocycles. The first-order valence-electron chi connectivity index (χ1n) is 10.3. The normalized spacial score (nSPS) is 11.5. The maximum absolute atomic E-state index is 12.5. The average Bonchev–Trinajstić information content (AvgIpc) is 3.33. The Morgan fingerprint density at radius 2 is 1.88 bits per heavy atom. The predicted octanol–water partition coefficient (Wildman–Crippen LogP) is 2.62. The van der Waals surface area contributed by atoms with E-state index in [1.165, 1.54) is 21.0 Å². The van der Waals surface area contributed by atoms with Gasteiger partial charge in [-0.3, -0.25) is 14.3 Å². The van der Waals surface area contributed by atoms with Gasteiger partial charge in [0.15, 0.2) is 17.0 Å². The lowest BCUT2D eigenvalue weighted by Crippen LogP contribution is -2.31. The number of rotatable bonds is 8. The zero-order valence-electron chi connectivity index (χ0n) is 17.7. The molecule has 4 aromatic rings. The Labute approximate surface area is 192 Å². The van der Waals surface area contributed by atoms with Gasteiger partial charge in [0.1, 0.15) is 5.82 Å². The zero-order chi connectivity index (χ0) is 22.8. The highest BCUT2D eigenvalue weighted by Crippen LogP contribution is 2.26. The van der Waals surface area contributed by atoms with Gasteiger partial charge in [-0.1, -0.05) is 36.7 Å². The topological polar surface area (TPSA) is 129 Å². The highest BCUT2D eigenvalue weighted by atomic mass is 35.5. The summed E-state index contributed by atoms with van der Waals surface area (Å²) in [5.74, 6) is 7.79. The number of nitrogens with two attached hydrogens (primary N) is 1. The number of hydrogen-bond acceptors (Lipinski definition) is 7. The Morgan fingerprint density at radius 1 is 1.12 bits per heavy atom. The van der Waals surface area contributed by atoms with E-state index >= 15 is 0 Å². The number of aromatic amines is 1. The van der Waals surface area contributed by atoms with Gasteiger partial charge in [0, 0.05) is 23.7 Å². The molecule has 12 heteroatoms. The van der Waals surface area contributed by atoms with E-state index in [4.69, 9.17) is 17.4 Å². The van der Waals surface area contributed by atoms with Crippen LogP contribution < -0.4 is 17.1 Å². The molecule has 10 nitrogen and oxygen atoms in total. The molecule has 0 spiro atoms. The van der Waals surface area contributed by atoms with E-state index in [0.29, 0.717) is 51.8 Å². The SMILES string of the molecule is CCCCn1c(=O)[nH]c(=O)c2c1nc(CSc1nnc(-c3ccc(Cl)cc3)n1N)n2CC. The molecular formula is C20H23ClN8O2S. The molecule has 0 atom stereocenters. The molecule has 0 aliphatic heterocycles. The number of unbranched alkanes of at least 4 members (excludes halogenated alkanes) is 1. The van der Waals surface area contributed by atoms with Crippen molar-refractivity contribution in [2.45, 2.75) is 50.7 Å². The monoisotopic (exact) mass is 474 g/mol. The molecule has 3 heterocycles. The highest BCUT2D eigenvalue weighted by Gasteiger charge is 2.19. The van der Waals surface area contributed by atoms with Crippen LogP contribution in [0.4, 0.5) is 0 Å². The molecule has 168 valence electrons. The number of aromatic nitrogens is 7. The summed E-state index contributed by atoms with van der Waals surface area (Å²) in [5.41, 5.74) is 0.722. The molecule has 1 aromatic carbocycles. The van der Waals surface area contributed by atoms with Crippen molar-refractivity contribution in [2.75, 3.05) is 5.84 Å². The van der Waals surface area contributed by atoms with Crippen molar-refractivity contribution in [3.8, 4) is 11.4 Å². The van der Waals surface area contributed by atoms with Gasteiger partial charge in [-0.15, -0.1) is 10.2 Å². The number of H-pyrrole nitrogens is 1. The number of benzene rings is 1. The van der Waals surface area contributed by atoms with E-state index in [1.54, 1.807) is 12.1 Å². The fourth-order valence-corrected chi connectivity index (χ4v) is 4.42. The van der Waals surface area contributed by atoms with Gasteiger partial charge >= 0.3 is 5.69 Å². The van der Waals surface area contributed by atoms with Crippen molar-refractivity contribution in [2.24, 2.45) is 0 Å². The van der Waals surface area contributed by atoms with Crippen molar-refractivity contribution in [3.63, 3.8) is 0 Å². The van der Waals surface area contributed by atoms with E-state index < -0.39 is 11.2 Å². The molecular weight excluding hydrogens is 452 g/mol. The van der Waals surface area contributed by atoms with Crippen molar-refractivity contribution in [1.29, 1.82) is 0 Å². The molecule has 0 fully saturated rings. The molecule has 0 bridgehead atoms. The number of imidazole rings is 1. The van der Waals surface area contributed by atoms with Crippen LogP contribution in [0.5, 0.6) is 0 Å². The number of fused-ring (bicyclic) bond motifs is 1. The van der Waals surface area contributed by atoms with Crippen LogP contribution in [-0.2, 0) is 18.8 Å². The van der Waals surface area contributed by atoms with E-state index in [2.05, 4.69) is 20.2 Å². The molecule has 0 unspecified atom stereocenters. The number of nitrogen functional groups attached to an aromatic ring is 1. The van der Waals surface area contributed by atoms with Crippen LogP contribution in [0.2, 0.25) is 5.02 Å². The first-order valence-corrected chi connectivity index (χ1v) is 11.6. The summed E-state index contributed by atoms with van der Waals surface area (Å²) in [5, 5.41) is 9.49. The molecule has 3 N–H and O–H groups in total. The second-order valence-corrected chi connectivity index (χ2v) is 8.56. The number of aryl methyl sites for hydroxylation is 2. The maximum atomic E-state index is 12.5. The smallest absolute Gasteiger partial charge is 0.330 e. The Bertz CT molecular complexity index is 1370. The minimum atomic E-state index is -0.440. The summed E-state index contributed by atoms with van der Waals surface area (Å²) >= 11 is 7.30. The van der Waals surface area contributed by atoms with Crippen LogP contribution in [0, 0.1) is 0 Å². The van der Waals surface area contributed by atoms with Gasteiger partial charge in [-0.05, 0) is 37.6 Å². The minimum absolute atomic E-state index is 0.398. The summed E-state index contributed by atoms with van der Waals surface area (Å²) < 4.78 is 4.77. The fourth-order valence-electron chi connectivity index (χ4n) is 3.49. The van der Waals surface area contributed by atoms with Crippen LogP contribution in [0.25, 0.3) is 22.6 Å². The van der Waals surface area contributed by atoms with E-state index in [0.717, 1.165) is 18.4 Å². The summed E-state index contributed by atoms with van der Waals surface area (Å²) in [6, 6.07) is 7.17. The molecule has 3 aromatic heterocycles. The van der Waals surface area contributed by atoms with Gasteiger partial charge in [0.25, 0.3) is 5.56 Å². The van der Waals surface area contributed by atoms with Gasteiger partial charge < -0.3 is 10.4 Å². The largest absolute Gasteiger partial charge is 0.335 e. The van der Waals surface area contributed by atoms with Crippen LogP contribution in [0.3, 0.4) is 0 Å². The standard InChI is InChI=1S/C20H23ClN8O2S/c1-3-5-10-28-17-15(18(30)24-19(28)31)27(4-2)14(23-17)11-32-20-26-25-16(29(20)22)12-6-8-13(21)9-7-12/h6-9H,3-5,10-11,22H2,1-2H3,(H,24,30,31). The van der Waals surface area contributed by atoms with Crippen LogP contribution in [0.1, 0.15) is 32.5 Å². The number of hydrogen-bond donors (Lipinski definition) is 2. The molecule has 0 amide bonds. The van der Waals surface area contributed by atoms with Gasteiger partial charge in [0.05, 0.1) is 5.75 Å². The maximum Gasteiger partial charge on any atom is 0.330 e. The fraction of sp³-hybridized carbons (Fsp3) is 0.350. The first-order chi connectivity index (χ1) is 15.4. The molecule has 0 aliphatic carbocycles. The van der Waals surface area contributed by atoms with Gasteiger partial charge in [-0.2, -0.15) is 0 Å². The number of halogens is 1. The van der Waals surface area contributed by atoms with E-state index in [1.807, 2.05) is 30.5 Å². The quantitative estimate of drug-likeness (QED) is 0.296. The van der Waals surface area contributed by atoms with Crippen LogP contribution in [0.15, 0.2) is 39.0 Å². The molecule has 0 radical (unpaired) electrons. The minimum Gasteiger partial charge on any atom is -0.335 e. The summed E-state index contributed by atoms with van der Waals surface area (Å²) in [6.07, 6.45) is 1.74.